The SMILES string of the molecule is O=C(Cn1ccc(C(F)F)n1)NC1CCN(C(=O)CCc2ccccc2)CC1. The predicted molar refractivity (Wildman–Crippen MR) is 99.7 cm³/mol. The van der Waals surface area contributed by atoms with Crippen LogP contribution in [0.3, 0.4) is 0 Å². The van der Waals surface area contributed by atoms with Gasteiger partial charge in [0.25, 0.3) is 6.43 Å². The second-order valence-corrected chi connectivity index (χ2v) is 6.95. The molecule has 0 saturated carbocycles. The van der Waals surface area contributed by atoms with Gasteiger partial charge in [0.05, 0.1) is 0 Å². The lowest BCUT2D eigenvalue weighted by molar-refractivity contribution is -0.132. The van der Waals surface area contributed by atoms with Crippen molar-refractivity contribution in [1.82, 2.24) is 20.0 Å². The number of nitrogens with zero attached hydrogens (tertiary/aromatic N) is 3. The molecule has 1 N–H and O–H groups in total. The largest absolute Gasteiger partial charge is 0.352 e. The Morgan fingerprint density at radius 3 is 2.50 bits per heavy atom. The number of aromatic nitrogens is 2. The first-order valence-corrected chi connectivity index (χ1v) is 9.44. The van der Waals surface area contributed by atoms with E-state index in [1.807, 2.05) is 35.2 Å². The number of aryl methyl sites for hydroxylation is 1. The van der Waals surface area contributed by atoms with E-state index in [-0.39, 0.29) is 30.1 Å². The highest BCUT2D eigenvalue weighted by molar-refractivity contribution is 5.77. The topological polar surface area (TPSA) is 67.2 Å². The van der Waals surface area contributed by atoms with Crippen molar-refractivity contribution >= 4 is 11.8 Å². The number of benzene rings is 1. The molecule has 0 unspecified atom stereocenters. The fourth-order valence-electron chi connectivity index (χ4n) is 3.33. The van der Waals surface area contributed by atoms with Crippen molar-refractivity contribution < 1.29 is 18.4 Å². The van der Waals surface area contributed by atoms with Crippen LogP contribution in [0.2, 0.25) is 0 Å². The Kier molecular flexibility index (Phi) is 6.73. The van der Waals surface area contributed by atoms with Crippen LogP contribution >= 0.6 is 0 Å². The third-order valence-electron chi connectivity index (χ3n) is 4.87. The van der Waals surface area contributed by atoms with Gasteiger partial charge in [-0.3, -0.25) is 14.3 Å². The van der Waals surface area contributed by atoms with Gasteiger partial charge in [-0.2, -0.15) is 5.10 Å². The van der Waals surface area contributed by atoms with E-state index in [0.29, 0.717) is 32.4 Å². The maximum absolute atomic E-state index is 12.5. The molecule has 3 rings (SSSR count). The first-order valence-electron chi connectivity index (χ1n) is 9.44. The summed E-state index contributed by atoms with van der Waals surface area (Å²) >= 11 is 0. The monoisotopic (exact) mass is 390 g/mol. The van der Waals surface area contributed by atoms with Crippen molar-refractivity contribution in [2.75, 3.05) is 13.1 Å². The van der Waals surface area contributed by atoms with E-state index in [9.17, 15) is 18.4 Å². The quantitative estimate of drug-likeness (QED) is 0.790. The number of likely N-dealkylation sites (tertiary alicyclic amines) is 1. The Labute approximate surface area is 162 Å². The molecule has 1 saturated heterocycles. The van der Waals surface area contributed by atoms with Crippen molar-refractivity contribution in [3.05, 3.63) is 53.9 Å². The lowest BCUT2D eigenvalue weighted by Crippen LogP contribution is -2.47. The number of amides is 2. The van der Waals surface area contributed by atoms with Crippen LogP contribution in [0.1, 0.15) is 36.9 Å². The smallest absolute Gasteiger partial charge is 0.282 e. The van der Waals surface area contributed by atoms with Crippen molar-refractivity contribution in [2.24, 2.45) is 0 Å². The highest BCUT2D eigenvalue weighted by atomic mass is 19.3. The van der Waals surface area contributed by atoms with Crippen LogP contribution in [-0.4, -0.2) is 45.6 Å². The second-order valence-electron chi connectivity index (χ2n) is 6.95. The van der Waals surface area contributed by atoms with Gasteiger partial charge < -0.3 is 10.2 Å². The zero-order valence-corrected chi connectivity index (χ0v) is 15.6. The van der Waals surface area contributed by atoms with Gasteiger partial charge >= 0.3 is 0 Å². The molecule has 8 heteroatoms. The van der Waals surface area contributed by atoms with E-state index >= 15 is 0 Å². The molecule has 1 aromatic carbocycles. The number of hydrogen-bond acceptors (Lipinski definition) is 3. The number of rotatable bonds is 7. The van der Waals surface area contributed by atoms with Crippen LogP contribution in [0.4, 0.5) is 8.78 Å². The minimum absolute atomic E-state index is 0.0178. The zero-order chi connectivity index (χ0) is 19.9. The van der Waals surface area contributed by atoms with Gasteiger partial charge in [-0.15, -0.1) is 0 Å². The Morgan fingerprint density at radius 1 is 1.14 bits per heavy atom. The fraction of sp³-hybridized carbons (Fsp3) is 0.450. The molecule has 2 aromatic rings. The minimum atomic E-state index is -2.65. The van der Waals surface area contributed by atoms with Crippen LogP contribution in [-0.2, 0) is 22.6 Å². The van der Waals surface area contributed by atoms with Crippen molar-refractivity contribution in [3.8, 4) is 0 Å². The van der Waals surface area contributed by atoms with Gasteiger partial charge in [-0.25, -0.2) is 8.78 Å². The molecule has 2 heterocycles. The van der Waals surface area contributed by atoms with E-state index in [1.165, 1.54) is 16.9 Å². The van der Waals surface area contributed by atoms with E-state index in [1.54, 1.807) is 0 Å². The molecule has 1 aliphatic rings. The molecule has 0 spiro atoms. The van der Waals surface area contributed by atoms with Crippen LogP contribution in [0.5, 0.6) is 0 Å². The van der Waals surface area contributed by atoms with Gasteiger partial charge in [-0.05, 0) is 30.9 Å². The summed E-state index contributed by atoms with van der Waals surface area (Å²) in [5.74, 6) is -0.137. The third-order valence-corrected chi connectivity index (χ3v) is 4.87. The summed E-state index contributed by atoms with van der Waals surface area (Å²) in [6.07, 6.45) is 1.30. The number of alkyl halides is 2. The summed E-state index contributed by atoms with van der Waals surface area (Å²) in [4.78, 5) is 26.3. The average molecular weight is 390 g/mol. The molecule has 1 aliphatic heterocycles. The summed E-state index contributed by atoms with van der Waals surface area (Å²) in [6.45, 7) is 1.12. The number of piperidine rings is 1. The maximum Gasteiger partial charge on any atom is 0.282 e. The van der Waals surface area contributed by atoms with Gasteiger partial charge in [-0.1, -0.05) is 30.3 Å². The Balaban J connectivity index is 1.38. The van der Waals surface area contributed by atoms with Crippen molar-refractivity contribution in [3.63, 3.8) is 0 Å². The zero-order valence-electron chi connectivity index (χ0n) is 15.6. The molecule has 0 atom stereocenters. The number of hydrogen-bond donors (Lipinski definition) is 1. The molecule has 28 heavy (non-hydrogen) atoms. The summed E-state index contributed by atoms with van der Waals surface area (Å²) in [5.41, 5.74) is 0.807. The first kappa shape index (κ1) is 20.0. The van der Waals surface area contributed by atoms with Crippen LogP contribution < -0.4 is 5.32 Å². The molecule has 0 bridgehead atoms. The normalized spacial score (nSPS) is 15.0. The molecule has 150 valence electrons. The Hall–Kier alpha value is -2.77. The summed E-state index contributed by atoms with van der Waals surface area (Å²) in [6, 6.07) is 11.1. The number of nitrogens with one attached hydrogen (secondary N) is 1. The Morgan fingerprint density at radius 2 is 1.86 bits per heavy atom. The Bertz CT molecular complexity index is 787. The van der Waals surface area contributed by atoms with E-state index < -0.39 is 6.43 Å². The summed E-state index contributed by atoms with van der Waals surface area (Å²) < 4.78 is 26.3. The van der Waals surface area contributed by atoms with Crippen molar-refractivity contribution in [1.29, 1.82) is 0 Å². The summed E-state index contributed by atoms with van der Waals surface area (Å²) in [5, 5.41) is 6.57. The molecule has 1 aromatic heterocycles. The second kappa shape index (κ2) is 9.43. The van der Waals surface area contributed by atoms with Crippen LogP contribution in [0, 0.1) is 0 Å². The summed E-state index contributed by atoms with van der Waals surface area (Å²) in [7, 11) is 0. The molecule has 0 aliphatic carbocycles. The molecular weight excluding hydrogens is 366 g/mol. The standard InChI is InChI=1S/C20H24F2N4O2/c21-20(22)17-10-13-26(24-17)14-18(27)23-16-8-11-25(12-9-16)19(28)7-6-15-4-2-1-3-5-15/h1-5,10,13,16,20H,6-9,11-12,14H2,(H,23,27). The lowest BCUT2D eigenvalue weighted by atomic mass is 10.0. The van der Waals surface area contributed by atoms with E-state index in [4.69, 9.17) is 0 Å². The number of carbonyl (C=O) groups is 2. The van der Waals surface area contributed by atoms with E-state index in [2.05, 4.69) is 10.4 Å². The number of halogens is 2. The highest BCUT2D eigenvalue weighted by Crippen LogP contribution is 2.16. The van der Waals surface area contributed by atoms with Crippen molar-refractivity contribution in [2.45, 2.75) is 44.7 Å². The molecular formula is C20H24F2N4O2. The maximum atomic E-state index is 12.5. The first-order chi connectivity index (χ1) is 13.5. The third kappa shape index (κ3) is 5.61. The van der Waals surface area contributed by atoms with Crippen LogP contribution in [0.15, 0.2) is 42.6 Å². The molecule has 0 radical (unpaired) electrons. The number of carbonyl (C=O) groups excluding carboxylic acids is 2. The van der Waals surface area contributed by atoms with Gasteiger partial charge in [0.2, 0.25) is 11.8 Å². The predicted octanol–water partition coefficient (Wildman–Crippen LogP) is 2.56. The lowest BCUT2D eigenvalue weighted by Gasteiger charge is -2.32. The van der Waals surface area contributed by atoms with Gasteiger partial charge in [0.1, 0.15) is 12.2 Å². The van der Waals surface area contributed by atoms with Gasteiger partial charge in [0, 0.05) is 31.7 Å². The van der Waals surface area contributed by atoms with E-state index in [0.717, 1.165) is 12.0 Å². The molecule has 1 fully saturated rings. The highest BCUT2D eigenvalue weighted by Gasteiger charge is 2.24. The molecule has 2 amide bonds. The molecule has 6 nitrogen and oxygen atoms in total. The fourth-order valence-corrected chi connectivity index (χ4v) is 3.33. The average Bonchev–Trinajstić information content (AvgIpc) is 3.16. The van der Waals surface area contributed by atoms with Crippen LogP contribution in [0.25, 0.3) is 0 Å². The van der Waals surface area contributed by atoms with Gasteiger partial charge in [0.15, 0.2) is 0 Å². The minimum Gasteiger partial charge on any atom is -0.352 e.